The molecule has 1 fully saturated rings. The number of rotatable bonds is 4. The van der Waals surface area contributed by atoms with Crippen LogP contribution < -0.4 is 11.2 Å². The number of aromatic hydroxyl groups is 1. The minimum Gasteiger partial charge on any atom is -0.493 e. The highest BCUT2D eigenvalue weighted by atomic mass is 16.3. The van der Waals surface area contributed by atoms with Gasteiger partial charge in [0, 0.05) is 18.9 Å². The molecule has 0 unspecified atom stereocenters. The van der Waals surface area contributed by atoms with Crippen molar-refractivity contribution in [1.29, 1.82) is 0 Å². The Balaban J connectivity index is 1.73. The van der Waals surface area contributed by atoms with Crippen LogP contribution in [0.3, 0.4) is 0 Å². The van der Waals surface area contributed by atoms with Crippen molar-refractivity contribution >= 4 is 6.21 Å². The number of hydrogen-bond acceptors (Lipinski definition) is 6. The summed E-state index contributed by atoms with van der Waals surface area (Å²) in [4.78, 5) is 31.3. The first-order chi connectivity index (χ1) is 14.6. The first-order valence-electron chi connectivity index (χ1n) is 9.91. The summed E-state index contributed by atoms with van der Waals surface area (Å²) in [6, 6.07) is 11.1. The van der Waals surface area contributed by atoms with Crippen LogP contribution in [0.1, 0.15) is 42.0 Å². The van der Waals surface area contributed by atoms with Gasteiger partial charge in [-0.05, 0) is 49.4 Å². The van der Waals surface area contributed by atoms with E-state index in [1.165, 1.54) is 6.21 Å². The first-order valence-corrected chi connectivity index (χ1v) is 9.91. The van der Waals surface area contributed by atoms with E-state index in [2.05, 4.69) is 15.1 Å². The van der Waals surface area contributed by atoms with E-state index in [9.17, 15) is 14.7 Å². The number of hydrazone groups is 1. The molecule has 4 rings (SSSR count). The van der Waals surface area contributed by atoms with Crippen molar-refractivity contribution in [2.24, 2.45) is 5.10 Å². The smallest absolute Gasteiger partial charge is 0.335 e. The lowest BCUT2D eigenvalue weighted by Gasteiger charge is -2.33. The number of aromatic nitrogens is 3. The maximum Gasteiger partial charge on any atom is 0.335 e. The predicted molar refractivity (Wildman–Crippen MR) is 114 cm³/mol. The summed E-state index contributed by atoms with van der Waals surface area (Å²) >= 11 is 0. The fourth-order valence-electron chi connectivity index (χ4n) is 3.79. The summed E-state index contributed by atoms with van der Waals surface area (Å²) in [5.74, 6) is -0.434. The van der Waals surface area contributed by atoms with E-state index < -0.39 is 17.1 Å². The van der Waals surface area contributed by atoms with Gasteiger partial charge >= 0.3 is 5.69 Å². The summed E-state index contributed by atoms with van der Waals surface area (Å²) in [5.41, 5.74) is 0.900. The molecule has 2 N–H and O–H groups in total. The van der Waals surface area contributed by atoms with Gasteiger partial charge in [0.25, 0.3) is 5.56 Å². The minimum atomic E-state index is -0.699. The quantitative estimate of drug-likeness (QED) is 0.649. The number of aryl methyl sites for hydroxylation is 1. The van der Waals surface area contributed by atoms with Crippen molar-refractivity contribution in [1.82, 2.24) is 19.5 Å². The van der Waals surface area contributed by atoms with Crippen LogP contribution in [0, 0.1) is 6.92 Å². The normalized spacial score (nSPS) is 16.8. The molecule has 30 heavy (non-hydrogen) atoms. The molecule has 0 amide bonds. The van der Waals surface area contributed by atoms with Crippen LogP contribution in [0.2, 0.25) is 0 Å². The van der Waals surface area contributed by atoms with Crippen LogP contribution in [-0.2, 0) is 0 Å². The molecule has 8 nitrogen and oxygen atoms in total. The molecule has 0 aliphatic carbocycles. The van der Waals surface area contributed by atoms with Gasteiger partial charge in [-0.2, -0.15) is 5.10 Å². The van der Waals surface area contributed by atoms with Crippen LogP contribution in [0.25, 0.3) is 5.69 Å². The number of para-hydroxylation sites is 1. The summed E-state index contributed by atoms with van der Waals surface area (Å²) in [7, 11) is 0. The molecule has 1 aliphatic heterocycles. The molecule has 1 aromatic carbocycles. The summed E-state index contributed by atoms with van der Waals surface area (Å²) in [6.07, 6.45) is 7.87. The lowest BCUT2D eigenvalue weighted by atomic mass is 9.98. The van der Waals surface area contributed by atoms with Crippen molar-refractivity contribution in [3.05, 3.63) is 86.3 Å². The molecule has 1 aliphatic rings. The Hall–Kier alpha value is -3.68. The van der Waals surface area contributed by atoms with E-state index >= 15 is 0 Å². The zero-order valence-electron chi connectivity index (χ0n) is 16.7. The molecule has 154 valence electrons. The fraction of sp³-hybridized carbons (Fsp3) is 0.273. The largest absolute Gasteiger partial charge is 0.493 e. The van der Waals surface area contributed by atoms with E-state index in [4.69, 9.17) is 0 Å². The molecule has 0 saturated carbocycles. The van der Waals surface area contributed by atoms with Crippen LogP contribution in [-0.4, -0.2) is 37.4 Å². The Morgan fingerprint density at radius 3 is 2.80 bits per heavy atom. The van der Waals surface area contributed by atoms with Crippen molar-refractivity contribution < 1.29 is 5.11 Å². The van der Waals surface area contributed by atoms with Gasteiger partial charge < -0.3 is 5.11 Å². The molecule has 8 heteroatoms. The van der Waals surface area contributed by atoms with E-state index in [0.717, 1.165) is 41.5 Å². The first kappa shape index (κ1) is 19.6. The number of aromatic amines is 1. The van der Waals surface area contributed by atoms with Gasteiger partial charge in [0.2, 0.25) is 5.88 Å². The molecule has 0 bridgehead atoms. The van der Waals surface area contributed by atoms with Crippen molar-refractivity contribution in [2.75, 3.05) is 6.54 Å². The molecule has 3 aromatic rings. The van der Waals surface area contributed by atoms with Crippen LogP contribution in [0.15, 0.2) is 63.5 Å². The second kappa shape index (κ2) is 8.36. The molecular formula is C22H23N5O3. The zero-order chi connectivity index (χ0) is 21.1. The van der Waals surface area contributed by atoms with Gasteiger partial charge in [-0.3, -0.25) is 19.8 Å². The number of H-pyrrole nitrogens is 1. The number of benzene rings is 1. The van der Waals surface area contributed by atoms with Gasteiger partial charge in [-0.15, -0.1) is 0 Å². The van der Waals surface area contributed by atoms with Gasteiger partial charge in [0.15, 0.2) is 0 Å². The lowest BCUT2D eigenvalue weighted by Crippen LogP contribution is -2.33. The lowest BCUT2D eigenvalue weighted by molar-refractivity contribution is 0.156. The number of pyridine rings is 1. The standard InChI is InChI=1S/C22H23N5O3/c1-15-7-2-3-9-18(15)27-21(29)17(20(28)25-22(27)30)14-24-26-12-5-4-10-19(26)16-8-6-11-23-13-16/h2-3,6-9,11,13-14,19,29H,4-5,10,12H2,1H3,(H,25,28,30)/b24-14+/t19-/m0/s1. The van der Waals surface area contributed by atoms with E-state index in [1.807, 2.05) is 42.4 Å². The summed E-state index contributed by atoms with van der Waals surface area (Å²) in [5, 5.41) is 17.2. The molecular weight excluding hydrogens is 382 g/mol. The van der Waals surface area contributed by atoms with Crippen molar-refractivity contribution in [2.45, 2.75) is 32.2 Å². The molecule has 1 saturated heterocycles. The molecule has 0 spiro atoms. The van der Waals surface area contributed by atoms with Crippen molar-refractivity contribution in [3.63, 3.8) is 0 Å². The number of nitrogens with one attached hydrogen (secondary N) is 1. The number of piperidine rings is 1. The van der Waals surface area contributed by atoms with Gasteiger partial charge in [0.1, 0.15) is 5.56 Å². The molecule has 3 heterocycles. The number of nitrogens with zero attached hydrogens (tertiary/aromatic N) is 4. The average Bonchev–Trinajstić information content (AvgIpc) is 2.75. The van der Waals surface area contributed by atoms with Crippen molar-refractivity contribution in [3.8, 4) is 11.6 Å². The summed E-state index contributed by atoms with van der Waals surface area (Å²) < 4.78 is 1.09. The van der Waals surface area contributed by atoms with Gasteiger partial charge in [0.05, 0.1) is 17.9 Å². The highest BCUT2D eigenvalue weighted by Crippen LogP contribution is 2.30. The topological polar surface area (TPSA) is 104 Å². The van der Waals surface area contributed by atoms with E-state index in [-0.39, 0.29) is 11.6 Å². The van der Waals surface area contributed by atoms with Gasteiger partial charge in [-0.25, -0.2) is 9.36 Å². The Labute approximate surface area is 173 Å². The molecule has 2 aromatic heterocycles. The Morgan fingerprint density at radius 2 is 2.03 bits per heavy atom. The van der Waals surface area contributed by atoms with Gasteiger partial charge in [-0.1, -0.05) is 24.3 Å². The van der Waals surface area contributed by atoms with E-state index in [0.29, 0.717) is 5.69 Å². The highest BCUT2D eigenvalue weighted by molar-refractivity contribution is 5.82. The second-order valence-corrected chi connectivity index (χ2v) is 7.32. The highest BCUT2D eigenvalue weighted by Gasteiger charge is 2.23. The van der Waals surface area contributed by atoms with Crippen LogP contribution in [0.4, 0.5) is 0 Å². The average molecular weight is 405 g/mol. The Bertz CT molecular complexity index is 1180. The van der Waals surface area contributed by atoms with Crippen LogP contribution in [0.5, 0.6) is 5.88 Å². The van der Waals surface area contributed by atoms with E-state index in [1.54, 1.807) is 18.3 Å². The Kier molecular flexibility index (Phi) is 5.47. The zero-order valence-corrected chi connectivity index (χ0v) is 16.7. The Morgan fingerprint density at radius 1 is 1.20 bits per heavy atom. The fourth-order valence-corrected chi connectivity index (χ4v) is 3.79. The monoisotopic (exact) mass is 405 g/mol. The SMILES string of the molecule is Cc1ccccc1-n1c(O)c(/C=N/N2CCCC[C@H]2c2cccnc2)c(=O)[nH]c1=O. The second-order valence-electron chi connectivity index (χ2n) is 7.32. The summed E-state index contributed by atoms with van der Waals surface area (Å²) in [6.45, 7) is 2.55. The number of hydrogen-bond donors (Lipinski definition) is 2. The van der Waals surface area contributed by atoms with Crippen LogP contribution >= 0.6 is 0 Å². The third-order valence-corrected chi connectivity index (χ3v) is 5.36. The third-order valence-electron chi connectivity index (χ3n) is 5.36. The predicted octanol–water partition coefficient (Wildman–Crippen LogP) is 2.50. The minimum absolute atomic E-state index is 0.0483. The third kappa shape index (κ3) is 3.76. The molecule has 0 radical (unpaired) electrons. The maximum atomic E-state index is 12.4. The maximum absolute atomic E-state index is 12.4. The molecule has 1 atom stereocenters.